The number of hydrogen-bond acceptors (Lipinski definition) is 9. The highest BCUT2D eigenvalue weighted by Crippen LogP contribution is 2.27. The standard InChI is InChI=1S/C26H32ClN7O3/c1-3-12-37-17-19-6-4-11-34(19)26-32-15-20(25(35)31-16-23-28-9-5-10-29-23)24(33-26)30-14-18-7-8-22(36-2)21(27)13-18/h5,7-10,13,15,19H,3-4,6,11-12,14,16-17H2,1-2H3,(H,31,35)(H,30,32,33)/t19-/m0/s1. The third-order valence-electron chi connectivity index (χ3n) is 6.02. The molecule has 0 spiro atoms. The summed E-state index contributed by atoms with van der Waals surface area (Å²) in [7, 11) is 1.58. The van der Waals surface area contributed by atoms with E-state index in [1.54, 1.807) is 31.8 Å². The second-order valence-electron chi connectivity index (χ2n) is 8.67. The summed E-state index contributed by atoms with van der Waals surface area (Å²) in [5.74, 6) is 1.80. The molecule has 1 fully saturated rings. The van der Waals surface area contributed by atoms with Crippen molar-refractivity contribution >= 4 is 29.3 Å². The van der Waals surface area contributed by atoms with Crippen LogP contribution in [0.15, 0.2) is 42.9 Å². The molecule has 1 atom stereocenters. The maximum atomic E-state index is 13.1. The number of nitrogens with zero attached hydrogens (tertiary/aromatic N) is 5. The van der Waals surface area contributed by atoms with Gasteiger partial charge in [0.1, 0.15) is 23.0 Å². The smallest absolute Gasteiger partial charge is 0.256 e. The molecule has 0 aliphatic carbocycles. The molecule has 1 aliphatic heterocycles. The summed E-state index contributed by atoms with van der Waals surface area (Å²) in [6.45, 7) is 4.89. The molecule has 1 saturated heterocycles. The van der Waals surface area contributed by atoms with Crippen molar-refractivity contribution in [2.45, 2.75) is 45.3 Å². The highest BCUT2D eigenvalue weighted by Gasteiger charge is 2.28. The van der Waals surface area contributed by atoms with Gasteiger partial charge in [0, 0.05) is 38.3 Å². The van der Waals surface area contributed by atoms with Crippen LogP contribution in [-0.4, -0.2) is 58.8 Å². The number of methoxy groups -OCH3 is 1. The Morgan fingerprint density at radius 3 is 2.81 bits per heavy atom. The van der Waals surface area contributed by atoms with Gasteiger partial charge in [-0.2, -0.15) is 4.98 Å². The Morgan fingerprint density at radius 1 is 1.22 bits per heavy atom. The lowest BCUT2D eigenvalue weighted by molar-refractivity contribution is 0.0950. The number of amides is 1. The fourth-order valence-electron chi connectivity index (χ4n) is 4.13. The summed E-state index contributed by atoms with van der Waals surface area (Å²) < 4.78 is 11.1. The second-order valence-corrected chi connectivity index (χ2v) is 9.07. The Balaban J connectivity index is 1.54. The number of benzene rings is 1. The molecular weight excluding hydrogens is 494 g/mol. The fraction of sp³-hybridized carbons (Fsp3) is 0.423. The van der Waals surface area contributed by atoms with Crippen molar-refractivity contribution in [1.82, 2.24) is 25.3 Å². The minimum atomic E-state index is -0.321. The molecular formula is C26H32ClN7O3. The van der Waals surface area contributed by atoms with Crippen molar-refractivity contribution in [3.05, 3.63) is 64.8 Å². The Morgan fingerprint density at radius 2 is 2.05 bits per heavy atom. The van der Waals surface area contributed by atoms with E-state index in [-0.39, 0.29) is 18.5 Å². The number of carbonyl (C=O) groups excluding carboxylic acids is 1. The average molecular weight is 526 g/mol. The first-order chi connectivity index (χ1) is 18.1. The highest BCUT2D eigenvalue weighted by molar-refractivity contribution is 6.32. The molecule has 0 bridgehead atoms. The molecule has 10 nitrogen and oxygen atoms in total. The van der Waals surface area contributed by atoms with E-state index in [1.165, 1.54) is 0 Å². The minimum Gasteiger partial charge on any atom is -0.495 e. The molecule has 1 amide bonds. The molecule has 0 unspecified atom stereocenters. The van der Waals surface area contributed by atoms with Crippen LogP contribution in [0, 0.1) is 0 Å². The number of ether oxygens (including phenoxy) is 2. The van der Waals surface area contributed by atoms with E-state index in [0.29, 0.717) is 47.1 Å². The van der Waals surface area contributed by atoms with Crippen LogP contribution in [0.1, 0.15) is 47.9 Å². The highest BCUT2D eigenvalue weighted by atomic mass is 35.5. The number of anilines is 2. The van der Waals surface area contributed by atoms with Gasteiger partial charge < -0.3 is 25.0 Å². The third-order valence-corrected chi connectivity index (χ3v) is 6.31. The van der Waals surface area contributed by atoms with Crippen LogP contribution < -0.4 is 20.3 Å². The van der Waals surface area contributed by atoms with Gasteiger partial charge in [-0.25, -0.2) is 15.0 Å². The van der Waals surface area contributed by atoms with Gasteiger partial charge in [0.05, 0.1) is 31.3 Å². The van der Waals surface area contributed by atoms with Crippen LogP contribution in [0.4, 0.5) is 11.8 Å². The Kier molecular flexibility index (Phi) is 9.45. The summed E-state index contributed by atoms with van der Waals surface area (Å²) in [6, 6.07) is 7.47. The number of carbonyl (C=O) groups is 1. The first-order valence-electron chi connectivity index (χ1n) is 12.4. The van der Waals surface area contributed by atoms with Gasteiger partial charge in [0.2, 0.25) is 5.95 Å². The summed E-state index contributed by atoms with van der Waals surface area (Å²) in [5, 5.41) is 6.67. The number of hydrogen-bond donors (Lipinski definition) is 2. The van der Waals surface area contributed by atoms with E-state index >= 15 is 0 Å². The van der Waals surface area contributed by atoms with E-state index in [4.69, 9.17) is 26.1 Å². The molecule has 2 aromatic heterocycles. The Labute approximate surface area is 221 Å². The van der Waals surface area contributed by atoms with Crippen molar-refractivity contribution in [3.8, 4) is 5.75 Å². The van der Waals surface area contributed by atoms with Crippen LogP contribution in [0.2, 0.25) is 5.02 Å². The molecule has 2 N–H and O–H groups in total. The molecule has 4 rings (SSSR count). The molecule has 0 saturated carbocycles. The van der Waals surface area contributed by atoms with Crippen molar-refractivity contribution in [2.75, 3.05) is 37.1 Å². The first-order valence-corrected chi connectivity index (χ1v) is 12.8. The predicted octanol–water partition coefficient (Wildman–Crippen LogP) is 3.87. The van der Waals surface area contributed by atoms with Crippen molar-refractivity contribution in [1.29, 1.82) is 0 Å². The lowest BCUT2D eigenvalue weighted by Gasteiger charge is -2.25. The van der Waals surface area contributed by atoms with E-state index in [9.17, 15) is 4.79 Å². The molecule has 1 aromatic carbocycles. The van der Waals surface area contributed by atoms with Crippen LogP contribution in [0.3, 0.4) is 0 Å². The zero-order chi connectivity index (χ0) is 26.0. The number of nitrogens with one attached hydrogen (secondary N) is 2. The van der Waals surface area contributed by atoms with Crippen molar-refractivity contribution in [3.63, 3.8) is 0 Å². The molecule has 1 aliphatic rings. The zero-order valence-corrected chi connectivity index (χ0v) is 21.9. The second kappa shape index (κ2) is 13.2. The summed E-state index contributed by atoms with van der Waals surface area (Å²) in [6.07, 6.45) is 7.86. The monoisotopic (exact) mass is 525 g/mol. The summed E-state index contributed by atoms with van der Waals surface area (Å²) >= 11 is 6.30. The van der Waals surface area contributed by atoms with Gasteiger partial charge >= 0.3 is 0 Å². The first kappa shape index (κ1) is 26.6. The van der Waals surface area contributed by atoms with Gasteiger partial charge in [-0.3, -0.25) is 4.79 Å². The molecule has 3 heterocycles. The van der Waals surface area contributed by atoms with Gasteiger partial charge in [-0.15, -0.1) is 0 Å². The Hall–Kier alpha value is -3.50. The maximum Gasteiger partial charge on any atom is 0.256 e. The van der Waals surface area contributed by atoms with Crippen molar-refractivity contribution < 1.29 is 14.3 Å². The van der Waals surface area contributed by atoms with E-state index in [2.05, 4.69) is 37.4 Å². The molecule has 196 valence electrons. The zero-order valence-electron chi connectivity index (χ0n) is 21.1. The van der Waals surface area contributed by atoms with Gasteiger partial charge in [0.25, 0.3) is 5.91 Å². The van der Waals surface area contributed by atoms with Crippen LogP contribution in [0.5, 0.6) is 5.75 Å². The number of halogens is 1. The maximum absolute atomic E-state index is 13.1. The van der Waals surface area contributed by atoms with E-state index in [0.717, 1.165) is 38.0 Å². The third kappa shape index (κ3) is 7.05. The number of rotatable bonds is 12. The minimum absolute atomic E-state index is 0.192. The predicted molar refractivity (Wildman–Crippen MR) is 142 cm³/mol. The average Bonchev–Trinajstić information content (AvgIpc) is 3.40. The molecule has 0 radical (unpaired) electrons. The normalized spacial score (nSPS) is 15.0. The van der Waals surface area contributed by atoms with Gasteiger partial charge in [0.15, 0.2) is 0 Å². The lowest BCUT2D eigenvalue weighted by atomic mass is 10.2. The van der Waals surface area contributed by atoms with E-state index in [1.807, 2.05) is 18.2 Å². The lowest BCUT2D eigenvalue weighted by Crippen LogP contribution is -2.35. The molecule has 11 heteroatoms. The summed E-state index contributed by atoms with van der Waals surface area (Å²) in [5.41, 5.74) is 1.25. The molecule has 37 heavy (non-hydrogen) atoms. The molecule has 3 aromatic rings. The topological polar surface area (TPSA) is 114 Å². The number of aromatic nitrogens is 4. The van der Waals surface area contributed by atoms with E-state index < -0.39 is 0 Å². The Bertz CT molecular complexity index is 1180. The largest absolute Gasteiger partial charge is 0.495 e. The van der Waals surface area contributed by atoms with Gasteiger partial charge in [-0.1, -0.05) is 24.6 Å². The van der Waals surface area contributed by atoms with Gasteiger partial charge in [-0.05, 0) is 43.0 Å². The van der Waals surface area contributed by atoms with Crippen LogP contribution >= 0.6 is 11.6 Å². The summed E-state index contributed by atoms with van der Waals surface area (Å²) in [4.78, 5) is 32.9. The quantitative estimate of drug-likeness (QED) is 0.340. The van der Waals surface area contributed by atoms with Crippen LogP contribution in [0.25, 0.3) is 0 Å². The van der Waals surface area contributed by atoms with Crippen molar-refractivity contribution in [2.24, 2.45) is 0 Å². The fourth-order valence-corrected chi connectivity index (χ4v) is 4.41. The SMILES string of the molecule is CCCOC[C@@H]1CCCN1c1ncc(C(=O)NCc2ncccn2)c(NCc2ccc(OC)c(Cl)c2)n1. The van der Waals surface area contributed by atoms with Crippen LogP contribution in [-0.2, 0) is 17.8 Å².